The lowest BCUT2D eigenvalue weighted by Crippen LogP contribution is -2.11. The fourth-order valence-corrected chi connectivity index (χ4v) is 2.74. The summed E-state index contributed by atoms with van der Waals surface area (Å²) in [6.45, 7) is 4.27. The Bertz CT molecular complexity index is 583. The van der Waals surface area contributed by atoms with E-state index >= 15 is 0 Å². The Hall–Kier alpha value is -1.48. The molecule has 0 saturated heterocycles. The van der Waals surface area contributed by atoms with Crippen LogP contribution >= 0.6 is 15.9 Å². The molecule has 2 rings (SSSR count). The molecule has 20 heavy (non-hydrogen) atoms. The average Bonchev–Trinajstić information content (AvgIpc) is 2.48. The lowest BCUT2D eigenvalue weighted by molar-refractivity contribution is 0.462. The highest BCUT2D eigenvalue weighted by molar-refractivity contribution is 9.10. The summed E-state index contributed by atoms with van der Waals surface area (Å²) in [5, 5.41) is 13.6. The van der Waals surface area contributed by atoms with E-state index in [9.17, 15) is 5.11 Å². The van der Waals surface area contributed by atoms with Gasteiger partial charge in [-0.1, -0.05) is 48.0 Å². The molecule has 2 aromatic rings. The predicted molar refractivity (Wildman–Crippen MR) is 88.3 cm³/mol. The third-order valence-corrected chi connectivity index (χ3v) is 3.99. The summed E-state index contributed by atoms with van der Waals surface area (Å²) in [6.07, 6.45) is 1.89. The van der Waals surface area contributed by atoms with Gasteiger partial charge in [0.05, 0.1) is 6.04 Å². The van der Waals surface area contributed by atoms with Crippen LogP contribution in [0.3, 0.4) is 0 Å². The maximum atomic E-state index is 10.1. The van der Waals surface area contributed by atoms with Gasteiger partial charge >= 0.3 is 0 Å². The van der Waals surface area contributed by atoms with Crippen molar-refractivity contribution in [3.8, 4) is 5.75 Å². The second-order valence-corrected chi connectivity index (χ2v) is 5.73. The summed E-state index contributed by atoms with van der Waals surface area (Å²) >= 11 is 3.47. The van der Waals surface area contributed by atoms with Crippen molar-refractivity contribution in [2.75, 3.05) is 5.32 Å². The van der Waals surface area contributed by atoms with E-state index in [-0.39, 0.29) is 6.04 Å². The van der Waals surface area contributed by atoms with Crippen molar-refractivity contribution >= 4 is 21.6 Å². The highest BCUT2D eigenvalue weighted by atomic mass is 79.9. The Morgan fingerprint density at radius 1 is 1.15 bits per heavy atom. The van der Waals surface area contributed by atoms with Gasteiger partial charge in [-0.2, -0.15) is 0 Å². The smallest absolute Gasteiger partial charge is 0.120 e. The number of halogens is 1. The third-order valence-electron chi connectivity index (χ3n) is 3.50. The summed E-state index contributed by atoms with van der Waals surface area (Å²) in [4.78, 5) is 0. The van der Waals surface area contributed by atoms with Gasteiger partial charge in [-0.05, 0) is 42.7 Å². The first-order valence-corrected chi connectivity index (χ1v) is 7.77. The number of phenols is 1. The van der Waals surface area contributed by atoms with E-state index in [0.717, 1.165) is 28.6 Å². The molecule has 2 aromatic carbocycles. The van der Waals surface area contributed by atoms with Crippen LogP contribution in [0, 0.1) is 0 Å². The largest absolute Gasteiger partial charge is 0.508 e. The van der Waals surface area contributed by atoms with Crippen molar-refractivity contribution in [1.82, 2.24) is 0 Å². The van der Waals surface area contributed by atoms with Gasteiger partial charge in [-0.3, -0.25) is 0 Å². The molecule has 0 aromatic heterocycles. The molecule has 0 bridgehead atoms. The van der Waals surface area contributed by atoms with Crippen molar-refractivity contribution in [2.45, 2.75) is 32.7 Å². The van der Waals surface area contributed by atoms with Crippen molar-refractivity contribution in [3.63, 3.8) is 0 Å². The molecular formula is C17H20BrNO. The van der Waals surface area contributed by atoms with E-state index in [1.54, 1.807) is 6.07 Å². The van der Waals surface area contributed by atoms with Gasteiger partial charge in [0.2, 0.25) is 0 Å². The molecule has 106 valence electrons. The lowest BCUT2D eigenvalue weighted by atomic mass is 10.0. The summed E-state index contributed by atoms with van der Waals surface area (Å²) in [7, 11) is 0. The standard InChI is InChI=1S/C17H20BrNO/c1-3-12-7-5-6-8-16(12)19-15(4-2)14-11-13(18)9-10-17(14)20/h5-11,15,19-20H,3-4H2,1-2H3. The van der Waals surface area contributed by atoms with E-state index in [1.807, 2.05) is 18.2 Å². The number of phenolic OH excluding ortho intramolecular Hbond substituents is 1. The number of aryl methyl sites for hydroxylation is 1. The molecule has 1 atom stereocenters. The second-order valence-electron chi connectivity index (χ2n) is 4.82. The van der Waals surface area contributed by atoms with Gasteiger partial charge in [-0.15, -0.1) is 0 Å². The van der Waals surface area contributed by atoms with Crippen molar-refractivity contribution in [3.05, 3.63) is 58.1 Å². The molecule has 0 amide bonds. The molecule has 0 saturated carbocycles. The summed E-state index contributed by atoms with van der Waals surface area (Å²) < 4.78 is 0.981. The first kappa shape index (κ1) is 14.9. The lowest BCUT2D eigenvalue weighted by Gasteiger charge is -2.22. The highest BCUT2D eigenvalue weighted by Crippen LogP contribution is 2.32. The minimum absolute atomic E-state index is 0.0974. The van der Waals surface area contributed by atoms with Crippen molar-refractivity contribution < 1.29 is 5.11 Å². The fraction of sp³-hybridized carbons (Fsp3) is 0.294. The van der Waals surface area contributed by atoms with E-state index in [4.69, 9.17) is 0 Å². The number of rotatable bonds is 5. The van der Waals surface area contributed by atoms with Crippen molar-refractivity contribution in [1.29, 1.82) is 0 Å². The van der Waals surface area contributed by atoms with Crippen LogP contribution in [-0.4, -0.2) is 5.11 Å². The molecular weight excluding hydrogens is 314 g/mol. The minimum atomic E-state index is 0.0974. The SMILES string of the molecule is CCc1ccccc1NC(CC)c1cc(Br)ccc1O. The highest BCUT2D eigenvalue weighted by Gasteiger charge is 2.15. The molecule has 1 unspecified atom stereocenters. The van der Waals surface area contributed by atoms with Gasteiger partial charge in [0, 0.05) is 15.7 Å². The number of nitrogens with one attached hydrogen (secondary N) is 1. The molecule has 0 aliphatic heterocycles. The van der Waals surface area contributed by atoms with Crippen LogP contribution < -0.4 is 5.32 Å². The molecule has 2 N–H and O–H groups in total. The second kappa shape index (κ2) is 6.80. The number of para-hydroxylation sites is 1. The first-order valence-electron chi connectivity index (χ1n) is 6.98. The van der Waals surface area contributed by atoms with Crippen LogP contribution in [0.1, 0.15) is 37.4 Å². The molecule has 0 spiro atoms. The number of aromatic hydroxyl groups is 1. The third kappa shape index (κ3) is 3.34. The van der Waals surface area contributed by atoms with E-state index in [0.29, 0.717) is 5.75 Å². The minimum Gasteiger partial charge on any atom is -0.508 e. The summed E-state index contributed by atoms with van der Waals surface area (Å²) in [6, 6.07) is 14.0. The van der Waals surface area contributed by atoms with Gasteiger partial charge in [0.15, 0.2) is 0 Å². The van der Waals surface area contributed by atoms with E-state index < -0.39 is 0 Å². The molecule has 0 fully saturated rings. The summed E-state index contributed by atoms with van der Waals surface area (Å²) in [5.41, 5.74) is 3.36. The zero-order chi connectivity index (χ0) is 14.5. The topological polar surface area (TPSA) is 32.3 Å². The van der Waals surface area contributed by atoms with Crippen LogP contribution in [0.15, 0.2) is 46.9 Å². The van der Waals surface area contributed by atoms with Gasteiger partial charge in [0.1, 0.15) is 5.75 Å². The Kier molecular flexibility index (Phi) is 5.07. The first-order chi connectivity index (χ1) is 9.65. The molecule has 0 radical (unpaired) electrons. The van der Waals surface area contributed by atoms with E-state index in [1.165, 1.54) is 5.56 Å². The average molecular weight is 334 g/mol. The zero-order valence-electron chi connectivity index (χ0n) is 11.9. The predicted octanol–water partition coefficient (Wildman–Crippen LogP) is 5.28. The van der Waals surface area contributed by atoms with Crippen molar-refractivity contribution in [2.24, 2.45) is 0 Å². The Morgan fingerprint density at radius 3 is 2.60 bits per heavy atom. The molecule has 0 aliphatic carbocycles. The Balaban J connectivity index is 2.31. The van der Waals surface area contributed by atoms with Crippen LogP contribution in [0.2, 0.25) is 0 Å². The maximum Gasteiger partial charge on any atom is 0.120 e. The van der Waals surface area contributed by atoms with Gasteiger partial charge < -0.3 is 10.4 Å². The molecule has 0 aliphatic rings. The Morgan fingerprint density at radius 2 is 1.90 bits per heavy atom. The zero-order valence-corrected chi connectivity index (χ0v) is 13.4. The van der Waals surface area contributed by atoms with Crippen LogP contribution in [-0.2, 0) is 6.42 Å². The van der Waals surface area contributed by atoms with Crippen LogP contribution in [0.5, 0.6) is 5.75 Å². The summed E-state index contributed by atoms with van der Waals surface area (Å²) in [5.74, 6) is 0.335. The normalized spacial score (nSPS) is 12.2. The van der Waals surface area contributed by atoms with Gasteiger partial charge in [-0.25, -0.2) is 0 Å². The molecule has 0 heterocycles. The quantitative estimate of drug-likeness (QED) is 0.780. The number of hydrogen-bond acceptors (Lipinski definition) is 2. The Labute approximate surface area is 129 Å². The number of anilines is 1. The van der Waals surface area contributed by atoms with E-state index in [2.05, 4.69) is 53.3 Å². The maximum absolute atomic E-state index is 10.1. The number of benzene rings is 2. The number of hydrogen-bond donors (Lipinski definition) is 2. The monoisotopic (exact) mass is 333 g/mol. The van der Waals surface area contributed by atoms with Crippen LogP contribution in [0.4, 0.5) is 5.69 Å². The molecule has 3 heteroatoms. The van der Waals surface area contributed by atoms with Crippen LogP contribution in [0.25, 0.3) is 0 Å². The van der Waals surface area contributed by atoms with Gasteiger partial charge in [0.25, 0.3) is 0 Å². The fourth-order valence-electron chi connectivity index (χ4n) is 2.36. The molecule has 2 nitrogen and oxygen atoms in total.